The highest BCUT2D eigenvalue weighted by Crippen LogP contribution is 2.29. The number of hydrogen-bond donors (Lipinski definition) is 1. The zero-order chi connectivity index (χ0) is 15.2. The maximum atomic E-state index is 10.8. The van der Waals surface area contributed by atoms with Gasteiger partial charge in [0.25, 0.3) is 0 Å². The first-order valence-electron chi connectivity index (χ1n) is 8.22. The summed E-state index contributed by atoms with van der Waals surface area (Å²) >= 11 is 0. The first-order chi connectivity index (χ1) is 10.1. The Balaban J connectivity index is 2.11. The molecule has 1 aromatic carbocycles. The normalized spacial score (nSPS) is 23.2. The van der Waals surface area contributed by atoms with Crippen LogP contribution in [-0.4, -0.2) is 41.8 Å². The SMILES string of the molecule is CCOC1CCCN(C(C(C)C)C(O)c2ccccc2)C1. The van der Waals surface area contributed by atoms with Gasteiger partial charge in [-0.05, 0) is 37.8 Å². The van der Waals surface area contributed by atoms with E-state index in [4.69, 9.17) is 4.74 Å². The second kappa shape index (κ2) is 7.92. The van der Waals surface area contributed by atoms with E-state index in [0.29, 0.717) is 12.0 Å². The van der Waals surface area contributed by atoms with Gasteiger partial charge in [0, 0.05) is 19.2 Å². The summed E-state index contributed by atoms with van der Waals surface area (Å²) in [6, 6.07) is 10.2. The maximum absolute atomic E-state index is 10.8. The van der Waals surface area contributed by atoms with E-state index in [2.05, 4.69) is 25.7 Å². The molecule has 1 aromatic rings. The third-order valence-corrected chi connectivity index (χ3v) is 4.38. The highest BCUT2D eigenvalue weighted by molar-refractivity contribution is 5.19. The molecule has 1 aliphatic rings. The number of piperidine rings is 1. The number of hydrogen-bond acceptors (Lipinski definition) is 3. The van der Waals surface area contributed by atoms with Crippen molar-refractivity contribution < 1.29 is 9.84 Å². The molecule has 0 amide bonds. The molecule has 0 saturated carbocycles. The van der Waals surface area contributed by atoms with Crippen LogP contribution in [0.3, 0.4) is 0 Å². The van der Waals surface area contributed by atoms with Crippen molar-refractivity contribution in [2.24, 2.45) is 5.92 Å². The van der Waals surface area contributed by atoms with Crippen LogP contribution in [0.25, 0.3) is 0 Å². The quantitative estimate of drug-likeness (QED) is 0.873. The molecular formula is C18H29NO2. The lowest BCUT2D eigenvalue weighted by Gasteiger charge is -2.42. The second-order valence-corrected chi connectivity index (χ2v) is 6.30. The molecule has 3 nitrogen and oxygen atoms in total. The average Bonchev–Trinajstić information content (AvgIpc) is 2.48. The Kier molecular flexibility index (Phi) is 6.22. The molecule has 0 aromatic heterocycles. The van der Waals surface area contributed by atoms with Gasteiger partial charge >= 0.3 is 0 Å². The van der Waals surface area contributed by atoms with Crippen LogP contribution < -0.4 is 0 Å². The molecule has 118 valence electrons. The third kappa shape index (κ3) is 4.29. The van der Waals surface area contributed by atoms with Crippen molar-refractivity contribution >= 4 is 0 Å². The molecule has 1 saturated heterocycles. The Labute approximate surface area is 128 Å². The van der Waals surface area contributed by atoms with Gasteiger partial charge in [0.2, 0.25) is 0 Å². The van der Waals surface area contributed by atoms with Crippen molar-refractivity contribution in [1.82, 2.24) is 4.90 Å². The van der Waals surface area contributed by atoms with Gasteiger partial charge < -0.3 is 9.84 Å². The van der Waals surface area contributed by atoms with E-state index in [9.17, 15) is 5.11 Å². The lowest BCUT2D eigenvalue weighted by atomic mass is 9.90. The van der Waals surface area contributed by atoms with Crippen LogP contribution in [0.2, 0.25) is 0 Å². The van der Waals surface area contributed by atoms with Crippen molar-refractivity contribution in [2.45, 2.75) is 51.9 Å². The molecule has 21 heavy (non-hydrogen) atoms. The molecule has 3 unspecified atom stereocenters. The van der Waals surface area contributed by atoms with Gasteiger partial charge in [-0.15, -0.1) is 0 Å². The number of aliphatic hydroxyl groups is 1. The van der Waals surface area contributed by atoms with E-state index < -0.39 is 6.10 Å². The molecule has 0 bridgehead atoms. The molecule has 2 rings (SSSR count). The van der Waals surface area contributed by atoms with Crippen LogP contribution >= 0.6 is 0 Å². The molecule has 1 aliphatic heterocycles. The number of rotatable bonds is 6. The summed E-state index contributed by atoms with van der Waals surface area (Å²) in [4.78, 5) is 2.42. The minimum atomic E-state index is -0.438. The van der Waals surface area contributed by atoms with Gasteiger partial charge in [-0.1, -0.05) is 44.2 Å². The third-order valence-electron chi connectivity index (χ3n) is 4.38. The highest BCUT2D eigenvalue weighted by atomic mass is 16.5. The van der Waals surface area contributed by atoms with Crippen molar-refractivity contribution in [3.05, 3.63) is 35.9 Å². The molecule has 0 spiro atoms. The summed E-state index contributed by atoms with van der Waals surface area (Å²) in [6.07, 6.45) is 2.16. The lowest BCUT2D eigenvalue weighted by Crippen LogP contribution is -2.50. The molecule has 0 aliphatic carbocycles. The number of nitrogens with zero attached hydrogens (tertiary/aromatic N) is 1. The van der Waals surface area contributed by atoms with Crippen LogP contribution in [0.5, 0.6) is 0 Å². The van der Waals surface area contributed by atoms with Crippen molar-refractivity contribution in [2.75, 3.05) is 19.7 Å². The predicted octanol–water partition coefficient (Wildman–Crippen LogP) is 3.25. The molecule has 3 heteroatoms. The van der Waals surface area contributed by atoms with Crippen LogP contribution in [-0.2, 0) is 4.74 Å². The fourth-order valence-corrected chi connectivity index (χ4v) is 3.44. The summed E-state index contributed by atoms with van der Waals surface area (Å²) in [5.41, 5.74) is 1.01. The van der Waals surface area contributed by atoms with Gasteiger partial charge in [0.05, 0.1) is 12.2 Å². The van der Waals surface area contributed by atoms with Crippen molar-refractivity contribution in [3.63, 3.8) is 0 Å². The van der Waals surface area contributed by atoms with Crippen LogP contribution in [0, 0.1) is 5.92 Å². The minimum absolute atomic E-state index is 0.149. The number of aliphatic hydroxyl groups excluding tert-OH is 1. The highest BCUT2D eigenvalue weighted by Gasteiger charge is 2.33. The summed E-state index contributed by atoms with van der Waals surface area (Å²) in [6.45, 7) is 9.20. The van der Waals surface area contributed by atoms with Gasteiger partial charge in [-0.3, -0.25) is 4.90 Å². The second-order valence-electron chi connectivity index (χ2n) is 6.30. The molecular weight excluding hydrogens is 262 g/mol. The zero-order valence-electron chi connectivity index (χ0n) is 13.5. The molecule has 1 N–H and O–H groups in total. The smallest absolute Gasteiger partial charge is 0.0947 e. The molecule has 0 radical (unpaired) electrons. The summed E-state index contributed by atoms with van der Waals surface area (Å²) in [7, 11) is 0. The average molecular weight is 291 g/mol. The van der Waals surface area contributed by atoms with Gasteiger partial charge in [0.15, 0.2) is 0 Å². The molecule has 3 atom stereocenters. The largest absolute Gasteiger partial charge is 0.387 e. The van der Waals surface area contributed by atoms with E-state index in [1.54, 1.807) is 0 Å². The van der Waals surface area contributed by atoms with Gasteiger partial charge in [-0.2, -0.15) is 0 Å². The van der Waals surface area contributed by atoms with Gasteiger partial charge in [0.1, 0.15) is 0 Å². The number of ether oxygens (including phenoxy) is 1. The first kappa shape index (κ1) is 16.5. The Bertz CT molecular complexity index is 405. The topological polar surface area (TPSA) is 32.7 Å². The monoisotopic (exact) mass is 291 g/mol. The van der Waals surface area contributed by atoms with Crippen molar-refractivity contribution in [3.8, 4) is 0 Å². The number of benzene rings is 1. The Hall–Kier alpha value is -0.900. The van der Waals surface area contributed by atoms with E-state index in [1.165, 1.54) is 0 Å². The Morgan fingerprint density at radius 1 is 1.29 bits per heavy atom. The number of likely N-dealkylation sites (tertiary alicyclic amines) is 1. The van der Waals surface area contributed by atoms with Gasteiger partial charge in [-0.25, -0.2) is 0 Å². The van der Waals surface area contributed by atoms with E-state index in [1.807, 2.05) is 30.3 Å². The standard InChI is InChI=1S/C18H29NO2/c1-4-21-16-11-8-12-19(13-16)17(14(2)3)18(20)15-9-6-5-7-10-15/h5-7,9-10,14,16-18,20H,4,8,11-13H2,1-3H3. The Morgan fingerprint density at radius 2 is 2.00 bits per heavy atom. The maximum Gasteiger partial charge on any atom is 0.0947 e. The lowest BCUT2D eigenvalue weighted by molar-refractivity contribution is -0.0453. The summed E-state index contributed by atoms with van der Waals surface area (Å²) in [5.74, 6) is 0.403. The van der Waals surface area contributed by atoms with Crippen LogP contribution in [0.15, 0.2) is 30.3 Å². The fourth-order valence-electron chi connectivity index (χ4n) is 3.44. The fraction of sp³-hybridized carbons (Fsp3) is 0.667. The summed E-state index contributed by atoms with van der Waals surface area (Å²) < 4.78 is 5.81. The van der Waals surface area contributed by atoms with E-state index in [-0.39, 0.29) is 6.04 Å². The zero-order valence-corrected chi connectivity index (χ0v) is 13.5. The van der Waals surface area contributed by atoms with Crippen LogP contribution in [0.1, 0.15) is 45.3 Å². The van der Waals surface area contributed by atoms with Crippen LogP contribution in [0.4, 0.5) is 0 Å². The van der Waals surface area contributed by atoms with E-state index >= 15 is 0 Å². The Morgan fingerprint density at radius 3 is 2.62 bits per heavy atom. The summed E-state index contributed by atoms with van der Waals surface area (Å²) in [5, 5.41) is 10.8. The van der Waals surface area contributed by atoms with Crippen molar-refractivity contribution in [1.29, 1.82) is 0 Å². The predicted molar refractivity (Wildman–Crippen MR) is 86.2 cm³/mol. The molecule has 1 fully saturated rings. The van der Waals surface area contributed by atoms with E-state index in [0.717, 1.165) is 38.1 Å². The minimum Gasteiger partial charge on any atom is -0.387 e. The first-order valence-corrected chi connectivity index (χ1v) is 8.22. The molecule has 1 heterocycles.